The number of aromatic nitrogens is 1. The summed E-state index contributed by atoms with van der Waals surface area (Å²) in [6.45, 7) is 3.74. The Morgan fingerprint density at radius 3 is 2.74 bits per heavy atom. The molecule has 2 heterocycles. The normalized spacial score (nSPS) is 14.8. The van der Waals surface area contributed by atoms with Crippen LogP contribution in [0.2, 0.25) is 0 Å². The van der Waals surface area contributed by atoms with Crippen molar-refractivity contribution < 1.29 is 14.3 Å². The minimum atomic E-state index is 0.0213. The Bertz CT molecular complexity index is 797. The highest BCUT2D eigenvalue weighted by atomic mass is 32.1. The molecule has 0 spiro atoms. The van der Waals surface area contributed by atoms with Gasteiger partial charge in [0.05, 0.1) is 29.9 Å². The van der Waals surface area contributed by atoms with E-state index in [-0.39, 0.29) is 11.8 Å². The van der Waals surface area contributed by atoms with Crippen LogP contribution in [0.15, 0.2) is 29.6 Å². The van der Waals surface area contributed by atoms with Crippen LogP contribution >= 0.6 is 11.3 Å². The average Bonchev–Trinajstić information content (AvgIpc) is 3.20. The summed E-state index contributed by atoms with van der Waals surface area (Å²) in [6, 6.07) is 7.35. The molecule has 0 atom stereocenters. The van der Waals surface area contributed by atoms with E-state index in [1.54, 1.807) is 18.4 Å². The molecule has 3 rings (SSSR count). The maximum atomic E-state index is 12.8. The fourth-order valence-corrected chi connectivity index (χ4v) is 4.22. The first-order valence-electron chi connectivity index (χ1n) is 9.25. The lowest BCUT2D eigenvalue weighted by molar-refractivity contribution is -0.120. The van der Waals surface area contributed by atoms with E-state index < -0.39 is 0 Å². The van der Waals surface area contributed by atoms with E-state index in [1.807, 2.05) is 41.5 Å². The van der Waals surface area contributed by atoms with Crippen LogP contribution in [-0.2, 0) is 11.3 Å². The Hall–Kier alpha value is -2.41. The van der Waals surface area contributed by atoms with E-state index in [0.717, 1.165) is 23.5 Å². The van der Waals surface area contributed by atoms with Crippen LogP contribution in [0.5, 0.6) is 5.75 Å². The third kappa shape index (κ3) is 4.66. The van der Waals surface area contributed by atoms with Crippen molar-refractivity contribution in [3.05, 3.63) is 45.9 Å². The average molecular weight is 388 g/mol. The highest BCUT2D eigenvalue weighted by Crippen LogP contribution is 2.31. The van der Waals surface area contributed by atoms with Crippen LogP contribution in [0.25, 0.3) is 0 Å². The highest BCUT2D eigenvalue weighted by molar-refractivity contribution is 7.09. The predicted molar refractivity (Wildman–Crippen MR) is 105 cm³/mol. The number of hydrogen-bond donors (Lipinski definition) is 1. The lowest BCUT2D eigenvalue weighted by Crippen LogP contribution is -2.38. The molecule has 1 fully saturated rings. The number of carbonyl (C=O) groups excluding carboxylic acids is 2. The molecule has 1 saturated heterocycles. The number of nitrogens with one attached hydrogen (secondary N) is 1. The molecule has 2 amide bonds. The topological polar surface area (TPSA) is 71.5 Å². The number of methoxy groups -OCH3 is 1. The van der Waals surface area contributed by atoms with E-state index in [9.17, 15) is 9.59 Å². The summed E-state index contributed by atoms with van der Waals surface area (Å²) < 4.78 is 5.31. The van der Waals surface area contributed by atoms with E-state index in [2.05, 4.69) is 10.3 Å². The number of benzene rings is 1. The van der Waals surface area contributed by atoms with E-state index in [1.165, 1.54) is 0 Å². The van der Waals surface area contributed by atoms with Crippen molar-refractivity contribution >= 4 is 23.2 Å². The van der Waals surface area contributed by atoms with Gasteiger partial charge in [-0.25, -0.2) is 4.98 Å². The molecule has 1 aromatic carbocycles. The van der Waals surface area contributed by atoms with Gasteiger partial charge in [-0.1, -0.05) is 19.1 Å². The summed E-state index contributed by atoms with van der Waals surface area (Å²) in [5.74, 6) is 1.04. The highest BCUT2D eigenvalue weighted by Gasteiger charge is 2.27. The Morgan fingerprint density at radius 2 is 2.04 bits per heavy atom. The molecule has 7 heteroatoms. The third-order valence-electron chi connectivity index (χ3n) is 4.83. The van der Waals surface area contributed by atoms with Gasteiger partial charge in [0.15, 0.2) is 0 Å². The number of para-hydroxylation sites is 1. The second-order valence-corrected chi connectivity index (χ2v) is 7.46. The number of hydrogen-bond acceptors (Lipinski definition) is 5. The van der Waals surface area contributed by atoms with Crippen LogP contribution in [0.4, 0.5) is 0 Å². The number of thiazole rings is 1. The number of rotatable bonds is 6. The van der Waals surface area contributed by atoms with Gasteiger partial charge in [0, 0.05) is 30.8 Å². The third-order valence-corrected chi connectivity index (χ3v) is 5.88. The van der Waals surface area contributed by atoms with Gasteiger partial charge < -0.3 is 15.0 Å². The van der Waals surface area contributed by atoms with E-state index in [0.29, 0.717) is 43.3 Å². The summed E-state index contributed by atoms with van der Waals surface area (Å²) in [7, 11) is 1.58. The maximum Gasteiger partial charge on any atom is 0.257 e. The Labute approximate surface area is 163 Å². The standard InChI is InChI=1S/C20H25N3O3S/c1-3-18(24)21-12-15-13-27-19(22-15)14-8-10-23(11-9-14)20(25)16-6-4-5-7-17(16)26-2/h4-7,13-14H,3,8-12H2,1-2H3,(H,21,24). The zero-order chi connectivity index (χ0) is 19.2. The van der Waals surface area contributed by atoms with Gasteiger partial charge in [-0.15, -0.1) is 11.3 Å². The minimum absolute atomic E-state index is 0.0213. The van der Waals surface area contributed by atoms with Crippen molar-refractivity contribution in [1.82, 2.24) is 15.2 Å². The van der Waals surface area contributed by atoms with E-state index in [4.69, 9.17) is 4.74 Å². The van der Waals surface area contributed by atoms with Crippen molar-refractivity contribution in [3.63, 3.8) is 0 Å². The number of carbonyl (C=O) groups is 2. The first-order valence-corrected chi connectivity index (χ1v) is 10.1. The number of piperidine rings is 1. The van der Waals surface area contributed by atoms with Gasteiger partial charge in [-0.3, -0.25) is 9.59 Å². The zero-order valence-electron chi connectivity index (χ0n) is 15.7. The molecule has 1 aliphatic rings. The van der Waals surface area contributed by atoms with Crippen molar-refractivity contribution in [2.24, 2.45) is 0 Å². The first kappa shape index (κ1) is 19.4. The van der Waals surface area contributed by atoms with Gasteiger partial charge in [0.2, 0.25) is 5.91 Å². The second kappa shape index (κ2) is 8.99. The molecule has 1 aliphatic heterocycles. The Balaban J connectivity index is 1.57. The van der Waals surface area contributed by atoms with Crippen LogP contribution in [-0.4, -0.2) is 41.9 Å². The molecule has 27 heavy (non-hydrogen) atoms. The van der Waals surface area contributed by atoms with E-state index >= 15 is 0 Å². The molecule has 0 radical (unpaired) electrons. The van der Waals surface area contributed by atoms with Gasteiger partial charge in [0.1, 0.15) is 5.75 Å². The molecule has 2 aromatic rings. The van der Waals surface area contributed by atoms with Gasteiger partial charge in [-0.2, -0.15) is 0 Å². The van der Waals surface area contributed by atoms with Crippen molar-refractivity contribution in [2.45, 2.75) is 38.6 Å². The Morgan fingerprint density at radius 1 is 1.30 bits per heavy atom. The molecular formula is C20H25N3O3S. The van der Waals surface area contributed by atoms with Gasteiger partial charge >= 0.3 is 0 Å². The fraction of sp³-hybridized carbons (Fsp3) is 0.450. The van der Waals surface area contributed by atoms with Gasteiger partial charge in [0.25, 0.3) is 5.91 Å². The molecule has 0 unspecified atom stereocenters. The van der Waals surface area contributed by atoms with Crippen molar-refractivity contribution in [2.75, 3.05) is 20.2 Å². The lowest BCUT2D eigenvalue weighted by Gasteiger charge is -2.31. The lowest BCUT2D eigenvalue weighted by atomic mass is 9.97. The molecule has 144 valence electrons. The second-order valence-electron chi connectivity index (χ2n) is 6.57. The largest absolute Gasteiger partial charge is 0.496 e. The number of ether oxygens (including phenoxy) is 1. The quantitative estimate of drug-likeness (QED) is 0.826. The van der Waals surface area contributed by atoms with Gasteiger partial charge in [-0.05, 0) is 25.0 Å². The molecule has 0 aliphatic carbocycles. The fourth-order valence-electron chi connectivity index (χ4n) is 3.23. The summed E-state index contributed by atoms with van der Waals surface area (Å²) in [5.41, 5.74) is 1.52. The predicted octanol–water partition coefficient (Wildman–Crippen LogP) is 3.20. The summed E-state index contributed by atoms with van der Waals surface area (Å²) in [6.07, 6.45) is 2.28. The zero-order valence-corrected chi connectivity index (χ0v) is 16.6. The monoisotopic (exact) mass is 387 g/mol. The SMILES string of the molecule is CCC(=O)NCc1csc(C2CCN(C(=O)c3ccccc3OC)CC2)n1. The number of nitrogens with zero attached hydrogens (tertiary/aromatic N) is 2. The first-order chi connectivity index (χ1) is 13.1. The number of amides is 2. The molecule has 0 saturated carbocycles. The maximum absolute atomic E-state index is 12.8. The van der Waals surface area contributed by atoms with Crippen molar-refractivity contribution in [3.8, 4) is 5.75 Å². The Kier molecular flexibility index (Phi) is 6.45. The molecule has 1 aromatic heterocycles. The molecule has 1 N–H and O–H groups in total. The summed E-state index contributed by atoms with van der Waals surface area (Å²) in [4.78, 5) is 30.7. The minimum Gasteiger partial charge on any atom is -0.496 e. The molecule has 6 nitrogen and oxygen atoms in total. The van der Waals surface area contributed by atoms with Crippen molar-refractivity contribution in [1.29, 1.82) is 0 Å². The van der Waals surface area contributed by atoms with Crippen LogP contribution in [0.1, 0.15) is 53.2 Å². The molecular weight excluding hydrogens is 362 g/mol. The van der Waals surface area contributed by atoms with Crippen LogP contribution < -0.4 is 10.1 Å². The number of likely N-dealkylation sites (tertiary alicyclic amines) is 1. The van der Waals surface area contributed by atoms with Crippen LogP contribution in [0.3, 0.4) is 0 Å². The molecule has 0 bridgehead atoms. The van der Waals surface area contributed by atoms with Crippen LogP contribution in [0, 0.1) is 0 Å². The smallest absolute Gasteiger partial charge is 0.257 e. The summed E-state index contributed by atoms with van der Waals surface area (Å²) in [5, 5.41) is 5.97. The summed E-state index contributed by atoms with van der Waals surface area (Å²) >= 11 is 1.64.